The number of aliphatic carboxylic acids is 1. The molecule has 58 valence electrons. The Bertz CT molecular complexity index is 132. The van der Waals surface area contributed by atoms with Gasteiger partial charge in [0.05, 0.1) is 5.92 Å². The maximum absolute atomic E-state index is 10.4. The monoisotopic (exact) mass is 206 g/mol. The van der Waals surface area contributed by atoms with Crippen LogP contribution in [0, 0.1) is 5.92 Å². The van der Waals surface area contributed by atoms with Gasteiger partial charge in [0.1, 0.15) is 0 Å². The van der Waals surface area contributed by atoms with E-state index in [0.717, 1.165) is 5.33 Å². The molecule has 0 bridgehead atoms. The van der Waals surface area contributed by atoms with E-state index in [-0.39, 0.29) is 5.92 Å². The average Bonchev–Trinajstić information content (AvgIpc) is 1.89. The first kappa shape index (κ1) is 9.69. The predicted molar refractivity (Wildman–Crippen MR) is 44.4 cm³/mol. The Kier molecular flexibility index (Phi) is 5.30. The third kappa shape index (κ3) is 3.67. The summed E-state index contributed by atoms with van der Waals surface area (Å²) in [5, 5.41) is 9.25. The molecule has 0 rings (SSSR count). The number of carboxylic acid groups (broad SMARTS) is 1. The van der Waals surface area contributed by atoms with Crippen molar-refractivity contribution in [1.29, 1.82) is 0 Å². The van der Waals surface area contributed by atoms with Gasteiger partial charge >= 0.3 is 5.97 Å². The summed E-state index contributed by atoms with van der Waals surface area (Å²) < 4.78 is 0. The number of hydrogen-bond acceptors (Lipinski definition) is 1. The Labute approximate surface area is 69.1 Å². The fourth-order valence-electron chi connectivity index (χ4n) is 0.609. The van der Waals surface area contributed by atoms with Crippen LogP contribution in [0.3, 0.4) is 0 Å². The highest BCUT2D eigenvalue weighted by molar-refractivity contribution is 9.09. The summed E-state index contributed by atoms with van der Waals surface area (Å²) in [5.74, 6) is -1.07. The van der Waals surface area contributed by atoms with E-state index in [4.69, 9.17) is 5.11 Å². The smallest absolute Gasteiger partial charge is 0.310 e. The zero-order valence-corrected chi connectivity index (χ0v) is 7.47. The van der Waals surface area contributed by atoms with Crippen molar-refractivity contribution < 1.29 is 9.90 Å². The van der Waals surface area contributed by atoms with Crippen LogP contribution >= 0.6 is 15.9 Å². The SMILES string of the molecule is CCC(C=CCBr)C(=O)O. The van der Waals surface area contributed by atoms with Gasteiger partial charge < -0.3 is 5.11 Å². The second-order valence-electron chi connectivity index (χ2n) is 1.94. The summed E-state index contributed by atoms with van der Waals surface area (Å²) >= 11 is 3.18. The van der Waals surface area contributed by atoms with E-state index in [9.17, 15) is 4.79 Å². The van der Waals surface area contributed by atoms with E-state index in [1.54, 1.807) is 6.08 Å². The minimum absolute atomic E-state index is 0.322. The Hall–Kier alpha value is -0.310. The maximum atomic E-state index is 10.4. The lowest BCUT2D eigenvalue weighted by atomic mass is 10.1. The van der Waals surface area contributed by atoms with Gasteiger partial charge in [0.2, 0.25) is 0 Å². The molecule has 0 radical (unpaired) electrons. The second kappa shape index (κ2) is 5.47. The molecule has 0 aliphatic carbocycles. The molecule has 1 N–H and O–H groups in total. The van der Waals surface area contributed by atoms with Crippen molar-refractivity contribution in [3.8, 4) is 0 Å². The third-order valence-electron chi connectivity index (χ3n) is 1.21. The molecule has 1 atom stereocenters. The Morgan fingerprint density at radius 1 is 1.80 bits per heavy atom. The molecule has 0 aromatic carbocycles. The summed E-state index contributed by atoms with van der Waals surface area (Å²) in [4.78, 5) is 10.4. The zero-order chi connectivity index (χ0) is 7.98. The zero-order valence-electron chi connectivity index (χ0n) is 5.88. The van der Waals surface area contributed by atoms with Crippen molar-refractivity contribution in [1.82, 2.24) is 0 Å². The number of carboxylic acids is 1. The Balaban J connectivity index is 3.83. The highest BCUT2D eigenvalue weighted by Crippen LogP contribution is 2.04. The quantitative estimate of drug-likeness (QED) is 0.565. The first-order valence-electron chi connectivity index (χ1n) is 3.17. The Morgan fingerprint density at radius 2 is 2.40 bits per heavy atom. The van der Waals surface area contributed by atoms with E-state index in [1.807, 2.05) is 13.0 Å². The van der Waals surface area contributed by atoms with E-state index in [2.05, 4.69) is 15.9 Å². The lowest BCUT2D eigenvalue weighted by molar-refractivity contribution is -0.140. The highest BCUT2D eigenvalue weighted by Gasteiger charge is 2.09. The summed E-state index contributed by atoms with van der Waals surface area (Å²) in [5.41, 5.74) is 0. The molecule has 3 heteroatoms. The van der Waals surface area contributed by atoms with Crippen molar-refractivity contribution in [3.63, 3.8) is 0 Å². The molecule has 0 fully saturated rings. The summed E-state index contributed by atoms with van der Waals surface area (Å²) in [7, 11) is 0. The molecular formula is C7H11BrO2. The van der Waals surface area contributed by atoms with Crippen LogP contribution in [0.4, 0.5) is 0 Å². The van der Waals surface area contributed by atoms with Crippen LogP contribution in [0.25, 0.3) is 0 Å². The molecule has 0 saturated carbocycles. The summed E-state index contributed by atoms with van der Waals surface area (Å²) in [6, 6.07) is 0. The molecule has 0 aromatic rings. The second-order valence-corrected chi connectivity index (χ2v) is 2.58. The van der Waals surface area contributed by atoms with Gasteiger partial charge in [-0.1, -0.05) is 35.0 Å². The molecular weight excluding hydrogens is 196 g/mol. The van der Waals surface area contributed by atoms with Crippen LogP contribution in [0.5, 0.6) is 0 Å². The largest absolute Gasteiger partial charge is 0.481 e. The summed E-state index contributed by atoms with van der Waals surface area (Å²) in [6.45, 7) is 1.86. The molecule has 2 nitrogen and oxygen atoms in total. The van der Waals surface area contributed by atoms with Crippen molar-refractivity contribution in [2.24, 2.45) is 5.92 Å². The minimum atomic E-state index is -0.750. The van der Waals surface area contributed by atoms with Gasteiger partial charge in [-0.2, -0.15) is 0 Å². The van der Waals surface area contributed by atoms with Gasteiger partial charge in [0, 0.05) is 5.33 Å². The molecule has 10 heavy (non-hydrogen) atoms. The van der Waals surface area contributed by atoms with E-state index in [1.165, 1.54) is 0 Å². The number of alkyl halides is 1. The molecule has 0 saturated heterocycles. The van der Waals surface area contributed by atoms with E-state index in [0.29, 0.717) is 6.42 Å². The number of halogens is 1. The van der Waals surface area contributed by atoms with Crippen LogP contribution in [0.2, 0.25) is 0 Å². The Morgan fingerprint density at radius 3 is 2.70 bits per heavy atom. The fourth-order valence-corrected chi connectivity index (χ4v) is 0.825. The van der Waals surface area contributed by atoms with Crippen molar-refractivity contribution >= 4 is 21.9 Å². The fraction of sp³-hybridized carbons (Fsp3) is 0.571. The standard InChI is InChI=1S/C7H11BrO2/c1-2-6(7(9)10)4-3-5-8/h3-4,6H,2,5H2,1H3,(H,9,10). The van der Waals surface area contributed by atoms with Crippen molar-refractivity contribution in [2.75, 3.05) is 5.33 Å². The lowest BCUT2D eigenvalue weighted by Crippen LogP contribution is -2.09. The predicted octanol–water partition coefficient (Wildman–Crippen LogP) is 2.05. The first-order valence-corrected chi connectivity index (χ1v) is 4.30. The van der Waals surface area contributed by atoms with Crippen LogP contribution in [0.1, 0.15) is 13.3 Å². The summed E-state index contributed by atoms with van der Waals surface area (Å²) in [6.07, 6.45) is 4.16. The molecule has 0 aliphatic rings. The molecule has 0 aliphatic heterocycles. The van der Waals surface area contributed by atoms with Crippen molar-refractivity contribution in [3.05, 3.63) is 12.2 Å². The van der Waals surface area contributed by atoms with Gasteiger partial charge in [-0.05, 0) is 6.42 Å². The molecule has 0 heterocycles. The molecule has 1 unspecified atom stereocenters. The topological polar surface area (TPSA) is 37.3 Å². The number of carbonyl (C=O) groups is 1. The van der Waals surface area contributed by atoms with Crippen LogP contribution < -0.4 is 0 Å². The molecule has 0 aromatic heterocycles. The molecule has 0 amide bonds. The number of allylic oxidation sites excluding steroid dienone is 1. The first-order chi connectivity index (χ1) is 4.72. The number of hydrogen-bond donors (Lipinski definition) is 1. The minimum Gasteiger partial charge on any atom is -0.481 e. The average molecular weight is 207 g/mol. The van der Waals surface area contributed by atoms with Crippen LogP contribution in [0.15, 0.2) is 12.2 Å². The van der Waals surface area contributed by atoms with Gasteiger partial charge in [-0.15, -0.1) is 0 Å². The van der Waals surface area contributed by atoms with Gasteiger partial charge in [-0.25, -0.2) is 0 Å². The number of rotatable bonds is 4. The third-order valence-corrected chi connectivity index (χ3v) is 1.59. The molecule has 0 spiro atoms. The van der Waals surface area contributed by atoms with Gasteiger partial charge in [0.25, 0.3) is 0 Å². The van der Waals surface area contributed by atoms with E-state index >= 15 is 0 Å². The van der Waals surface area contributed by atoms with Crippen LogP contribution in [-0.2, 0) is 4.79 Å². The lowest BCUT2D eigenvalue weighted by Gasteiger charge is -2.00. The van der Waals surface area contributed by atoms with E-state index < -0.39 is 5.97 Å². The van der Waals surface area contributed by atoms with Crippen molar-refractivity contribution in [2.45, 2.75) is 13.3 Å². The van der Waals surface area contributed by atoms with Gasteiger partial charge in [-0.3, -0.25) is 4.79 Å². The van der Waals surface area contributed by atoms with Gasteiger partial charge in [0.15, 0.2) is 0 Å². The maximum Gasteiger partial charge on any atom is 0.310 e. The normalized spacial score (nSPS) is 13.8. The van der Waals surface area contributed by atoms with Crippen LogP contribution in [-0.4, -0.2) is 16.4 Å². The highest BCUT2D eigenvalue weighted by atomic mass is 79.9.